The highest BCUT2D eigenvalue weighted by atomic mass is 35.5. The summed E-state index contributed by atoms with van der Waals surface area (Å²) < 4.78 is 30.9. The first kappa shape index (κ1) is 16.7. The van der Waals surface area contributed by atoms with E-state index < -0.39 is 23.4 Å². The maximum Gasteiger partial charge on any atom is 0.314 e. The van der Waals surface area contributed by atoms with Crippen LogP contribution >= 0.6 is 11.6 Å². The second-order valence-electron chi connectivity index (χ2n) is 4.38. The number of rotatable bonds is 3. The van der Waals surface area contributed by atoms with Crippen molar-refractivity contribution in [2.45, 2.75) is 0 Å². The van der Waals surface area contributed by atoms with E-state index >= 15 is 0 Å². The van der Waals surface area contributed by atoms with Crippen LogP contribution in [0.3, 0.4) is 0 Å². The van der Waals surface area contributed by atoms with Crippen molar-refractivity contribution in [1.29, 1.82) is 0 Å². The summed E-state index contributed by atoms with van der Waals surface area (Å²) in [4.78, 5) is 23.6. The first-order valence-corrected chi connectivity index (χ1v) is 6.69. The van der Waals surface area contributed by atoms with Crippen molar-refractivity contribution < 1.29 is 23.1 Å². The maximum absolute atomic E-state index is 13.1. The Balaban J connectivity index is 2.10. The first-order valence-electron chi connectivity index (χ1n) is 6.31. The van der Waals surface area contributed by atoms with Crippen LogP contribution in [0.5, 0.6) is 5.75 Å². The number of nitrogens with one attached hydrogen (secondary N) is 2. The third-order valence-corrected chi connectivity index (χ3v) is 3.03. The van der Waals surface area contributed by atoms with Gasteiger partial charge in [-0.1, -0.05) is 11.6 Å². The maximum atomic E-state index is 13.1. The number of hydrogen-bond donors (Lipinski definition) is 2. The van der Waals surface area contributed by atoms with E-state index in [0.717, 1.165) is 18.2 Å². The number of halogens is 3. The fourth-order valence-electron chi connectivity index (χ4n) is 1.72. The van der Waals surface area contributed by atoms with E-state index in [4.69, 9.17) is 16.3 Å². The van der Waals surface area contributed by atoms with Crippen LogP contribution in [0.1, 0.15) is 0 Å². The third-order valence-electron chi connectivity index (χ3n) is 2.79. The molecule has 0 heterocycles. The van der Waals surface area contributed by atoms with Gasteiger partial charge in [-0.25, -0.2) is 8.78 Å². The van der Waals surface area contributed by atoms with Crippen molar-refractivity contribution in [3.05, 3.63) is 53.1 Å². The molecule has 0 aliphatic rings. The second-order valence-corrected chi connectivity index (χ2v) is 4.82. The van der Waals surface area contributed by atoms with E-state index in [9.17, 15) is 18.4 Å². The summed E-state index contributed by atoms with van der Waals surface area (Å²) in [7, 11) is 1.39. The summed E-state index contributed by atoms with van der Waals surface area (Å²) in [5.74, 6) is -3.97. The average molecular weight is 341 g/mol. The Hall–Kier alpha value is -2.67. The number of carbonyl (C=O) groups excluding carboxylic acids is 2. The zero-order valence-electron chi connectivity index (χ0n) is 11.8. The lowest BCUT2D eigenvalue weighted by Gasteiger charge is -2.10. The van der Waals surface area contributed by atoms with Crippen LogP contribution in [0.25, 0.3) is 0 Å². The Morgan fingerprint density at radius 1 is 1.00 bits per heavy atom. The molecule has 0 saturated heterocycles. The smallest absolute Gasteiger partial charge is 0.314 e. The fourth-order valence-corrected chi connectivity index (χ4v) is 1.89. The van der Waals surface area contributed by atoms with Crippen LogP contribution in [0.2, 0.25) is 5.02 Å². The molecule has 8 heteroatoms. The van der Waals surface area contributed by atoms with Gasteiger partial charge in [-0.15, -0.1) is 0 Å². The predicted octanol–water partition coefficient (Wildman–Crippen LogP) is 3.20. The Kier molecular flexibility index (Phi) is 5.13. The third kappa shape index (κ3) is 4.17. The van der Waals surface area contributed by atoms with Crippen molar-refractivity contribution in [3.63, 3.8) is 0 Å². The van der Waals surface area contributed by atoms with Crippen LogP contribution in [0.15, 0.2) is 36.4 Å². The number of anilines is 2. The quantitative estimate of drug-likeness (QED) is 0.843. The van der Waals surface area contributed by atoms with E-state index in [0.29, 0.717) is 10.8 Å². The minimum Gasteiger partial charge on any atom is -0.495 e. The summed E-state index contributed by atoms with van der Waals surface area (Å²) in [6, 6.07) is 7.21. The Bertz CT molecular complexity index is 768. The molecule has 0 aliphatic heterocycles. The van der Waals surface area contributed by atoms with E-state index in [1.165, 1.54) is 19.2 Å². The summed E-state index contributed by atoms with van der Waals surface area (Å²) >= 11 is 5.81. The Labute approximate surface area is 135 Å². The molecule has 23 heavy (non-hydrogen) atoms. The lowest BCUT2D eigenvalue weighted by molar-refractivity contribution is -0.133. The molecule has 0 spiro atoms. The van der Waals surface area contributed by atoms with Crippen molar-refractivity contribution in [1.82, 2.24) is 0 Å². The van der Waals surface area contributed by atoms with E-state index in [1.54, 1.807) is 6.07 Å². The molecule has 0 unspecified atom stereocenters. The molecule has 2 aromatic rings. The van der Waals surface area contributed by atoms with E-state index in [1.807, 2.05) is 0 Å². The molecule has 2 amide bonds. The zero-order chi connectivity index (χ0) is 17.0. The number of benzene rings is 2. The van der Waals surface area contributed by atoms with Crippen LogP contribution in [-0.4, -0.2) is 18.9 Å². The summed E-state index contributed by atoms with van der Waals surface area (Å²) in [6.45, 7) is 0. The van der Waals surface area contributed by atoms with Crippen LogP contribution in [0.4, 0.5) is 20.2 Å². The average Bonchev–Trinajstić information content (AvgIpc) is 2.51. The van der Waals surface area contributed by atoms with Gasteiger partial charge in [0, 0.05) is 16.8 Å². The molecule has 5 nitrogen and oxygen atoms in total. The number of hydrogen-bond acceptors (Lipinski definition) is 3. The number of methoxy groups -OCH3 is 1. The lowest BCUT2D eigenvalue weighted by Crippen LogP contribution is -2.29. The van der Waals surface area contributed by atoms with E-state index in [2.05, 4.69) is 10.6 Å². The van der Waals surface area contributed by atoms with Crippen LogP contribution in [-0.2, 0) is 9.59 Å². The van der Waals surface area contributed by atoms with Crippen molar-refractivity contribution in [3.8, 4) is 5.75 Å². The molecule has 2 aromatic carbocycles. The van der Waals surface area contributed by atoms with Crippen LogP contribution < -0.4 is 15.4 Å². The van der Waals surface area contributed by atoms with Gasteiger partial charge in [0.1, 0.15) is 5.75 Å². The number of ether oxygens (including phenoxy) is 1. The van der Waals surface area contributed by atoms with Crippen molar-refractivity contribution >= 4 is 34.8 Å². The number of carbonyl (C=O) groups is 2. The molecule has 2 rings (SSSR count). The highest BCUT2D eigenvalue weighted by molar-refractivity contribution is 6.44. The molecule has 0 aromatic heterocycles. The van der Waals surface area contributed by atoms with Gasteiger partial charge in [0.05, 0.1) is 12.8 Å². The molecular weight excluding hydrogens is 330 g/mol. The predicted molar refractivity (Wildman–Crippen MR) is 81.6 cm³/mol. The molecule has 0 fully saturated rings. The van der Waals surface area contributed by atoms with E-state index in [-0.39, 0.29) is 11.4 Å². The molecular formula is C15H11ClF2N2O3. The Morgan fingerprint density at radius 3 is 2.35 bits per heavy atom. The summed E-state index contributed by atoms with van der Waals surface area (Å²) in [5.41, 5.74) is 0.146. The standard InChI is InChI=1S/C15H11ClF2N2O3/c1-23-13-5-2-8(16)6-12(13)20-15(22)14(21)19-9-3-4-10(17)11(18)7-9/h2-7H,1H3,(H,19,21)(H,20,22). The zero-order valence-corrected chi connectivity index (χ0v) is 12.6. The van der Waals surface area contributed by atoms with Gasteiger partial charge in [-0.05, 0) is 30.3 Å². The monoisotopic (exact) mass is 340 g/mol. The minimum atomic E-state index is -1.14. The molecule has 0 saturated carbocycles. The molecule has 0 aliphatic carbocycles. The van der Waals surface area contributed by atoms with Crippen LogP contribution in [0, 0.1) is 11.6 Å². The minimum absolute atomic E-state index is 0.0536. The van der Waals surface area contributed by atoms with Gasteiger partial charge in [0.15, 0.2) is 11.6 Å². The Morgan fingerprint density at radius 2 is 1.70 bits per heavy atom. The second kappa shape index (κ2) is 7.06. The summed E-state index contributed by atoms with van der Waals surface area (Å²) in [6.07, 6.45) is 0. The van der Waals surface area contributed by atoms with Gasteiger partial charge in [0.25, 0.3) is 0 Å². The summed E-state index contributed by atoms with van der Waals surface area (Å²) in [5, 5.41) is 4.81. The topological polar surface area (TPSA) is 67.4 Å². The van der Waals surface area contributed by atoms with Gasteiger partial charge in [-0.3, -0.25) is 9.59 Å². The van der Waals surface area contributed by atoms with Gasteiger partial charge in [0.2, 0.25) is 0 Å². The van der Waals surface area contributed by atoms with Gasteiger partial charge in [-0.2, -0.15) is 0 Å². The van der Waals surface area contributed by atoms with Crippen molar-refractivity contribution in [2.75, 3.05) is 17.7 Å². The lowest BCUT2D eigenvalue weighted by atomic mass is 10.2. The largest absolute Gasteiger partial charge is 0.495 e. The first-order chi connectivity index (χ1) is 10.9. The van der Waals surface area contributed by atoms with Gasteiger partial charge >= 0.3 is 11.8 Å². The molecule has 0 bridgehead atoms. The number of amides is 2. The molecule has 120 valence electrons. The molecule has 2 N–H and O–H groups in total. The SMILES string of the molecule is COc1ccc(Cl)cc1NC(=O)C(=O)Nc1ccc(F)c(F)c1. The highest BCUT2D eigenvalue weighted by Crippen LogP contribution is 2.27. The fraction of sp³-hybridized carbons (Fsp3) is 0.0667. The highest BCUT2D eigenvalue weighted by Gasteiger charge is 2.17. The van der Waals surface area contributed by atoms with Crippen molar-refractivity contribution in [2.24, 2.45) is 0 Å². The molecule has 0 radical (unpaired) electrons. The van der Waals surface area contributed by atoms with Gasteiger partial charge < -0.3 is 15.4 Å². The normalized spacial score (nSPS) is 10.1. The molecule has 0 atom stereocenters.